The van der Waals surface area contributed by atoms with E-state index in [4.69, 9.17) is 16.7 Å². The summed E-state index contributed by atoms with van der Waals surface area (Å²) in [6.07, 6.45) is -3.81. The summed E-state index contributed by atoms with van der Waals surface area (Å²) in [6, 6.07) is 6.28. The van der Waals surface area contributed by atoms with Gasteiger partial charge in [0.2, 0.25) is 10.0 Å². The van der Waals surface area contributed by atoms with Crippen LogP contribution in [-0.2, 0) is 16.2 Å². The van der Waals surface area contributed by atoms with E-state index in [9.17, 15) is 30.4 Å². The summed E-state index contributed by atoms with van der Waals surface area (Å²) in [4.78, 5) is 3.26. The molecule has 0 radical (unpaired) electrons. The van der Waals surface area contributed by atoms with Gasteiger partial charge in [0.05, 0.1) is 23.0 Å². The van der Waals surface area contributed by atoms with E-state index in [-0.39, 0.29) is 16.9 Å². The van der Waals surface area contributed by atoms with E-state index < -0.39 is 44.0 Å². The summed E-state index contributed by atoms with van der Waals surface area (Å²) in [5.41, 5.74) is -1.17. The highest BCUT2D eigenvalue weighted by molar-refractivity contribution is 7.89. The van der Waals surface area contributed by atoms with E-state index in [0.29, 0.717) is 32.8 Å². The van der Waals surface area contributed by atoms with Crippen LogP contribution in [0.1, 0.15) is 22.4 Å². The van der Waals surface area contributed by atoms with Crippen molar-refractivity contribution in [2.45, 2.75) is 18.0 Å². The molecule has 2 aromatic carbocycles. The van der Waals surface area contributed by atoms with Crippen LogP contribution in [0, 0.1) is 30.4 Å². The number of alkyl halides is 3. The maximum absolute atomic E-state index is 14.2. The molecule has 0 fully saturated rings. The Balaban J connectivity index is 1.92. The Morgan fingerprint density at radius 1 is 1.03 bits per heavy atom. The van der Waals surface area contributed by atoms with Gasteiger partial charge in [-0.1, -0.05) is 29.5 Å². The molecular weight excluding hydrogens is 515 g/mol. The van der Waals surface area contributed by atoms with Crippen LogP contribution in [0.25, 0.3) is 16.9 Å². The van der Waals surface area contributed by atoms with Crippen LogP contribution in [0.2, 0.25) is 5.02 Å². The van der Waals surface area contributed by atoms with Crippen molar-refractivity contribution in [3.8, 4) is 23.1 Å². The van der Waals surface area contributed by atoms with Gasteiger partial charge in [-0.2, -0.15) is 18.3 Å². The Hall–Kier alpha value is -3.53. The van der Waals surface area contributed by atoms with Gasteiger partial charge in [-0.3, -0.25) is 0 Å². The zero-order chi connectivity index (χ0) is 25.7. The molecule has 0 aliphatic carbocycles. The second kappa shape index (κ2) is 8.60. The smallest absolute Gasteiger partial charge is 0.227 e. The minimum Gasteiger partial charge on any atom is -0.227 e. The number of hydrogen-bond donors (Lipinski definition) is 1. The minimum atomic E-state index is -4.80. The first-order chi connectivity index (χ1) is 16.3. The van der Waals surface area contributed by atoms with E-state index in [1.807, 2.05) is 0 Å². The third kappa shape index (κ3) is 4.84. The lowest BCUT2D eigenvalue weighted by Gasteiger charge is -2.11. The number of rotatable bonds is 2. The average molecular weight is 527 g/mol. The summed E-state index contributed by atoms with van der Waals surface area (Å²) in [5, 5.41) is 9.03. The van der Waals surface area contributed by atoms with Crippen molar-refractivity contribution in [1.82, 2.24) is 14.6 Å². The van der Waals surface area contributed by atoms with E-state index in [1.54, 1.807) is 13.0 Å². The predicted octanol–water partition coefficient (Wildman–Crippen LogP) is 4.70. The van der Waals surface area contributed by atoms with Gasteiger partial charge in [-0.25, -0.2) is 31.8 Å². The van der Waals surface area contributed by atoms with Crippen LogP contribution in [0.3, 0.4) is 0 Å². The van der Waals surface area contributed by atoms with Crippen molar-refractivity contribution in [2.75, 3.05) is 0 Å². The first-order valence-electron chi connectivity index (χ1n) is 9.52. The van der Waals surface area contributed by atoms with Crippen molar-refractivity contribution in [1.29, 1.82) is 0 Å². The second-order valence-electron chi connectivity index (χ2n) is 7.34. The largest absolute Gasteiger partial charge is 0.433 e. The summed E-state index contributed by atoms with van der Waals surface area (Å²) in [6.45, 7) is 1.68. The van der Waals surface area contributed by atoms with Crippen LogP contribution < -0.4 is 5.14 Å². The molecular formula is C22H12ClF5N4O2S. The fourth-order valence-electron chi connectivity index (χ4n) is 3.18. The number of sulfonamides is 1. The Labute approximate surface area is 200 Å². The van der Waals surface area contributed by atoms with Gasteiger partial charge in [0.1, 0.15) is 16.5 Å². The molecule has 0 aliphatic heterocycles. The fourth-order valence-corrected chi connectivity index (χ4v) is 3.91. The van der Waals surface area contributed by atoms with Gasteiger partial charge < -0.3 is 0 Å². The summed E-state index contributed by atoms with van der Waals surface area (Å²) < 4.78 is 92.8. The minimum absolute atomic E-state index is 0.0439. The SMILES string of the molecule is Cc1cc(-c2cc(C(F)(F)F)n3ncc(C#Cc4cc(S(N)(=O)=O)c(F)cc4F)c3n2)ccc1Cl. The van der Waals surface area contributed by atoms with Crippen molar-refractivity contribution < 1.29 is 30.4 Å². The Bertz CT molecular complexity index is 1670. The molecule has 4 rings (SSSR count). The molecule has 35 heavy (non-hydrogen) atoms. The molecule has 2 N–H and O–H groups in total. The molecule has 0 atom stereocenters. The van der Waals surface area contributed by atoms with Crippen molar-refractivity contribution >= 4 is 27.3 Å². The lowest BCUT2D eigenvalue weighted by molar-refractivity contribution is -0.142. The van der Waals surface area contributed by atoms with Crippen molar-refractivity contribution in [2.24, 2.45) is 5.14 Å². The fraction of sp³-hybridized carbons (Fsp3) is 0.0909. The number of primary sulfonamides is 1. The molecule has 4 aromatic rings. The number of aromatic nitrogens is 3. The molecule has 2 aromatic heterocycles. The highest BCUT2D eigenvalue weighted by atomic mass is 35.5. The number of halogens is 6. The lowest BCUT2D eigenvalue weighted by Crippen LogP contribution is -2.14. The first kappa shape index (κ1) is 24.6. The third-order valence-electron chi connectivity index (χ3n) is 4.88. The number of nitrogens with zero attached hydrogens (tertiary/aromatic N) is 3. The standard InChI is InChI=1S/C22H12ClF5N4O2S/c1-11-6-13(4-5-15(11)23)18-9-20(22(26,27)28)32-21(31-18)14(10-30-32)3-2-12-7-19(35(29,33)34)17(25)8-16(12)24/h4-10H,1H3,(H2,29,33,34). The number of nitrogens with two attached hydrogens (primary N) is 1. The van der Waals surface area contributed by atoms with E-state index in [0.717, 1.165) is 12.3 Å². The van der Waals surface area contributed by atoms with Crippen LogP contribution in [0.4, 0.5) is 22.0 Å². The predicted molar refractivity (Wildman–Crippen MR) is 117 cm³/mol. The summed E-state index contributed by atoms with van der Waals surface area (Å²) in [7, 11) is -4.52. The zero-order valence-electron chi connectivity index (χ0n) is 17.5. The van der Waals surface area contributed by atoms with E-state index >= 15 is 0 Å². The van der Waals surface area contributed by atoms with Gasteiger partial charge in [-0.05, 0) is 36.8 Å². The van der Waals surface area contributed by atoms with Gasteiger partial charge in [0.15, 0.2) is 11.3 Å². The number of hydrogen-bond acceptors (Lipinski definition) is 4. The van der Waals surface area contributed by atoms with Crippen molar-refractivity contribution in [3.63, 3.8) is 0 Å². The highest BCUT2D eigenvalue weighted by Gasteiger charge is 2.35. The molecule has 0 saturated carbocycles. The van der Waals surface area contributed by atoms with Crippen LogP contribution in [-0.4, -0.2) is 23.0 Å². The van der Waals surface area contributed by atoms with Crippen LogP contribution >= 0.6 is 11.6 Å². The first-order valence-corrected chi connectivity index (χ1v) is 11.4. The number of fused-ring (bicyclic) bond motifs is 1. The van der Waals surface area contributed by atoms with Crippen LogP contribution in [0.15, 0.2) is 47.5 Å². The average Bonchev–Trinajstić information content (AvgIpc) is 3.15. The molecule has 0 spiro atoms. The monoisotopic (exact) mass is 526 g/mol. The molecule has 0 unspecified atom stereocenters. The zero-order valence-corrected chi connectivity index (χ0v) is 19.0. The Morgan fingerprint density at radius 3 is 2.34 bits per heavy atom. The summed E-state index contributed by atoms with van der Waals surface area (Å²) >= 11 is 6.00. The molecule has 13 heteroatoms. The second-order valence-corrected chi connectivity index (χ2v) is 9.28. The van der Waals surface area contributed by atoms with Gasteiger partial charge >= 0.3 is 6.18 Å². The Morgan fingerprint density at radius 2 is 1.71 bits per heavy atom. The number of benzene rings is 2. The molecule has 0 saturated heterocycles. The Kier molecular flexibility index (Phi) is 6.04. The van der Waals surface area contributed by atoms with Crippen molar-refractivity contribution in [3.05, 3.63) is 81.6 Å². The third-order valence-corrected chi connectivity index (χ3v) is 6.23. The van der Waals surface area contributed by atoms with E-state index in [1.165, 1.54) is 12.1 Å². The molecule has 2 heterocycles. The van der Waals surface area contributed by atoms with Gasteiger partial charge in [0.25, 0.3) is 0 Å². The maximum atomic E-state index is 14.2. The topological polar surface area (TPSA) is 90.4 Å². The molecule has 0 bridgehead atoms. The lowest BCUT2D eigenvalue weighted by atomic mass is 10.1. The molecule has 0 amide bonds. The molecule has 180 valence electrons. The quantitative estimate of drug-likeness (QED) is 0.303. The normalized spacial score (nSPS) is 12.0. The van der Waals surface area contributed by atoms with Crippen LogP contribution in [0.5, 0.6) is 0 Å². The maximum Gasteiger partial charge on any atom is 0.433 e. The van der Waals surface area contributed by atoms with Gasteiger partial charge in [-0.15, -0.1) is 0 Å². The molecule has 0 aliphatic rings. The molecule has 6 nitrogen and oxygen atoms in total. The highest BCUT2D eigenvalue weighted by Crippen LogP contribution is 2.33. The number of aryl methyl sites for hydroxylation is 1. The van der Waals surface area contributed by atoms with E-state index in [2.05, 4.69) is 21.9 Å². The van der Waals surface area contributed by atoms with Gasteiger partial charge in [0, 0.05) is 16.7 Å². The summed E-state index contributed by atoms with van der Waals surface area (Å²) in [5.74, 6) is 2.09.